The van der Waals surface area contributed by atoms with Crippen LogP contribution in [0, 0.1) is 10.1 Å². The van der Waals surface area contributed by atoms with Crippen molar-refractivity contribution in [3.05, 3.63) is 80.4 Å². The normalized spacial score (nSPS) is 17.9. The summed E-state index contributed by atoms with van der Waals surface area (Å²) < 4.78 is 5.22. The SMILES string of the molecule is O=C1C(=O)N(CCOCCO)C(c2ccc(Cl)cc2)/C1=C(/O)c1cccc([N+](=O)[O-])c1. The van der Waals surface area contributed by atoms with Crippen molar-refractivity contribution in [1.29, 1.82) is 0 Å². The van der Waals surface area contributed by atoms with E-state index in [4.69, 9.17) is 21.4 Å². The van der Waals surface area contributed by atoms with Crippen molar-refractivity contribution >= 4 is 34.7 Å². The molecule has 2 N–H and O–H groups in total. The van der Waals surface area contributed by atoms with Crippen LogP contribution in [0.1, 0.15) is 17.2 Å². The fourth-order valence-corrected chi connectivity index (χ4v) is 3.48. The Morgan fingerprint density at radius 3 is 2.52 bits per heavy atom. The number of likely N-dealkylation sites (tertiary alicyclic amines) is 1. The maximum atomic E-state index is 12.8. The summed E-state index contributed by atoms with van der Waals surface area (Å²) in [5, 5.41) is 31.3. The summed E-state index contributed by atoms with van der Waals surface area (Å²) >= 11 is 5.96. The lowest BCUT2D eigenvalue weighted by atomic mass is 9.95. The molecule has 10 heteroatoms. The average Bonchev–Trinajstić information content (AvgIpc) is 3.01. The van der Waals surface area contributed by atoms with Gasteiger partial charge in [0.1, 0.15) is 5.76 Å². The Kier molecular flexibility index (Phi) is 7.01. The number of hydrogen-bond acceptors (Lipinski definition) is 7. The van der Waals surface area contributed by atoms with E-state index < -0.39 is 28.4 Å². The van der Waals surface area contributed by atoms with Gasteiger partial charge in [-0.3, -0.25) is 19.7 Å². The fourth-order valence-electron chi connectivity index (χ4n) is 3.35. The maximum absolute atomic E-state index is 12.8. The zero-order valence-corrected chi connectivity index (χ0v) is 17.0. The summed E-state index contributed by atoms with van der Waals surface area (Å²) in [6, 6.07) is 10.7. The number of non-ortho nitro benzene ring substituents is 1. The lowest BCUT2D eigenvalue weighted by Gasteiger charge is -2.25. The molecule has 1 aliphatic heterocycles. The smallest absolute Gasteiger partial charge is 0.295 e. The molecule has 2 aromatic carbocycles. The highest BCUT2D eigenvalue weighted by molar-refractivity contribution is 6.46. The Bertz CT molecular complexity index is 1040. The van der Waals surface area contributed by atoms with Crippen LogP contribution < -0.4 is 0 Å². The van der Waals surface area contributed by atoms with E-state index in [1.807, 2.05) is 0 Å². The van der Waals surface area contributed by atoms with Gasteiger partial charge in [-0.1, -0.05) is 35.9 Å². The minimum absolute atomic E-state index is 0.0313. The van der Waals surface area contributed by atoms with Gasteiger partial charge >= 0.3 is 0 Å². The number of Topliss-reactive ketones (excluding diaryl/α,β-unsaturated/α-hetero) is 1. The van der Waals surface area contributed by atoms with Gasteiger partial charge < -0.3 is 19.8 Å². The molecule has 0 aliphatic carbocycles. The Morgan fingerprint density at radius 2 is 1.87 bits per heavy atom. The lowest BCUT2D eigenvalue weighted by molar-refractivity contribution is -0.384. The van der Waals surface area contributed by atoms with Crippen LogP contribution in [-0.4, -0.2) is 58.1 Å². The third-order valence-corrected chi connectivity index (χ3v) is 5.02. The third kappa shape index (κ3) is 4.74. The van der Waals surface area contributed by atoms with Gasteiger partial charge in [-0.15, -0.1) is 0 Å². The number of ketones is 1. The van der Waals surface area contributed by atoms with Crippen molar-refractivity contribution in [1.82, 2.24) is 4.90 Å². The van der Waals surface area contributed by atoms with E-state index >= 15 is 0 Å². The fraction of sp³-hybridized carbons (Fsp3) is 0.238. The summed E-state index contributed by atoms with van der Waals surface area (Å²) in [4.78, 5) is 37.3. The van der Waals surface area contributed by atoms with Gasteiger partial charge in [0.25, 0.3) is 17.4 Å². The zero-order valence-electron chi connectivity index (χ0n) is 16.2. The molecule has 2 aromatic rings. The van der Waals surface area contributed by atoms with E-state index in [2.05, 4.69) is 0 Å². The number of nitro groups is 1. The van der Waals surface area contributed by atoms with Gasteiger partial charge in [0, 0.05) is 29.3 Å². The van der Waals surface area contributed by atoms with Gasteiger partial charge in [-0.2, -0.15) is 0 Å². The number of ether oxygens (including phenoxy) is 1. The van der Waals surface area contributed by atoms with Gasteiger partial charge in [-0.25, -0.2) is 0 Å². The van der Waals surface area contributed by atoms with Crippen LogP contribution in [0.4, 0.5) is 5.69 Å². The molecule has 1 saturated heterocycles. The Hall–Kier alpha value is -3.27. The molecule has 1 aliphatic rings. The van der Waals surface area contributed by atoms with Crippen LogP contribution in [0.5, 0.6) is 0 Å². The summed E-state index contributed by atoms with van der Waals surface area (Å²) in [6.45, 7) is -0.0203. The molecule has 0 aromatic heterocycles. The summed E-state index contributed by atoms with van der Waals surface area (Å²) in [5.74, 6) is -2.26. The van der Waals surface area contributed by atoms with Crippen LogP contribution in [0.2, 0.25) is 5.02 Å². The molecule has 1 heterocycles. The van der Waals surface area contributed by atoms with Gasteiger partial charge in [0.2, 0.25) is 0 Å². The highest BCUT2D eigenvalue weighted by Gasteiger charge is 2.45. The summed E-state index contributed by atoms with van der Waals surface area (Å²) in [6.07, 6.45) is 0. The van der Waals surface area contributed by atoms with Crippen molar-refractivity contribution in [3.8, 4) is 0 Å². The van der Waals surface area contributed by atoms with Crippen LogP contribution >= 0.6 is 11.6 Å². The molecule has 3 rings (SSSR count). The Morgan fingerprint density at radius 1 is 1.16 bits per heavy atom. The van der Waals surface area contributed by atoms with Crippen molar-refractivity contribution in [3.63, 3.8) is 0 Å². The number of carbonyl (C=O) groups is 2. The molecular weight excluding hydrogens is 428 g/mol. The molecule has 9 nitrogen and oxygen atoms in total. The quantitative estimate of drug-likeness (QED) is 0.159. The van der Waals surface area contributed by atoms with Crippen molar-refractivity contribution in [2.75, 3.05) is 26.4 Å². The molecule has 0 radical (unpaired) electrons. The van der Waals surface area contributed by atoms with E-state index in [0.29, 0.717) is 10.6 Å². The standard InChI is InChI=1S/C21H19ClN2O7/c22-15-6-4-13(5-7-15)18-17(19(26)14-2-1-3-16(12-14)24(29)30)20(27)21(28)23(18)8-10-31-11-9-25/h1-7,12,18,25-26H,8-11H2/b19-17-. The van der Waals surface area contributed by atoms with Crippen LogP contribution in [0.3, 0.4) is 0 Å². The molecule has 1 fully saturated rings. The lowest BCUT2D eigenvalue weighted by Crippen LogP contribution is -2.33. The van der Waals surface area contributed by atoms with Crippen LogP contribution in [0.25, 0.3) is 5.76 Å². The minimum atomic E-state index is -0.936. The second kappa shape index (κ2) is 9.69. The highest BCUT2D eigenvalue weighted by Crippen LogP contribution is 2.39. The molecular formula is C21H19ClN2O7. The van der Waals surface area contributed by atoms with E-state index in [9.17, 15) is 24.8 Å². The first kappa shape index (κ1) is 22.4. The first-order valence-corrected chi connectivity index (χ1v) is 9.70. The number of rotatable bonds is 8. The van der Waals surface area contributed by atoms with E-state index in [-0.39, 0.29) is 43.2 Å². The summed E-state index contributed by atoms with van der Waals surface area (Å²) in [7, 11) is 0. The van der Waals surface area contributed by atoms with Gasteiger partial charge in [-0.05, 0) is 17.7 Å². The molecule has 1 unspecified atom stereocenters. The largest absolute Gasteiger partial charge is 0.507 e. The van der Waals surface area contributed by atoms with Crippen molar-refractivity contribution in [2.45, 2.75) is 6.04 Å². The number of carbonyl (C=O) groups excluding carboxylic acids is 2. The predicted octanol–water partition coefficient (Wildman–Crippen LogP) is 2.68. The van der Waals surface area contributed by atoms with Crippen molar-refractivity contribution in [2.24, 2.45) is 0 Å². The third-order valence-electron chi connectivity index (χ3n) is 4.77. The molecule has 31 heavy (non-hydrogen) atoms. The number of aliphatic hydroxyl groups excluding tert-OH is 2. The molecule has 0 spiro atoms. The molecule has 1 atom stereocenters. The molecule has 0 bridgehead atoms. The van der Waals surface area contributed by atoms with E-state index in [1.165, 1.54) is 23.1 Å². The van der Waals surface area contributed by atoms with Crippen molar-refractivity contribution < 1.29 is 29.5 Å². The second-order valence-corrected chi connectivity index (χ2v) is 7.12. The number of amides is 1. The monoisotopic (exact) mass is 446 g/mol. The van der Waals surface area contributed by atoms with E-state index in [1.54, 1.807) is 24.3 Å². The number of halogens is 1. The molecule has 162 valence electrons. The first-order chi connectivity index (χ1) is 14.8. The maximum Gasteiger partial charge on any atom is 0.295 e. The number of nitro benzene ring substituents is 1. The number of hydrogen-bond donors (Lipinski definition) is 2. The number of aliphatic hydroxyl groups is 2. The zero-order chi connectivity index (χ0) is 22.5. The minimum Gasteiger partial charge on any atom is -0.507 e. The van der Waals surface area contributed by atoms with Gasteiger partial charge in [0.05, 0.1) is 36.4 Å². The number of benzene rings is 2. The predicted molar refractivity (Wildman–Crippen MR) is 111 cm³/mol. The molecule has 0 saturated carbocycles. The van der Waals surface area contributed by atoms with Crippen LogP contribution in [0.15, 0.2) is 54.1 Å². The van der Waals surface area contributed by atoms with Crippen LogP contribution in [-0.2, 0) is 14.3 Å². The van der Waals surface area contributed by atoms with E-state index in [0.717, 1.165) is 6.07 Å². The number of nitrogens with zero attached hydrogens (tertiary/aromatic N) is 2. The van der Waals surface area contributed by atoms with Gasteiger partial charge in [0.15, 0.2) is 0 Å². The second-order valence-electron chi connectivity index (χ2n) is 6.69. The Labute approximate surface area is 182 Å². The Balaban J connectivity index is 2.09. The highest BCUT2D eigenvalue weighted by atomic mass is 35.5. The average molecular weight is 447 g/mol. The topological polar surface area (TPSA) is 130 Å². The molecule has 1 amide bonds. The first-order valence-electron chi connectivity index (χ1n) is 9.32. The summed E-state index contributed by atoms with van der Waals surface area (Å²) in [5.41, 5.74) is 0.120.